The van der Waals surface area contributed by atoms with Gasteiger partial charge in [0.25, 0.3) is 5.69 Å². The van der Waals surface area contributed by atoms with E-state index in [0.717, 1.165) is 0 Å². The fraction of sp³-hybridized carbons (Fsp3) is 0.471. The lowest BCUT2D eigenvalue weighted by Crippen LogP contribution is -2.41. The Morgan fingerprint density at radius 1 is 1.19 bits per heavy atom. The zero-order chi connectivity index (χ0) is 20.6. The van der Waals surface area contributed by atoms with Crippen LogP contribution in [0.15, 0.2) is 24.3 Å². The molecule has 3 amide bonds. The first-order chi connectivity index (χ1) is 12.5. The van der Waals surface area contributed by atoms with Crippen LogP contribution in [0.1, 0.15) is 38.8 Å². The summed E-state index contributed by atoms with van der Waals surface area (Å²) in [6.45, 7) is 4.64. The summed E-state index contributed by atoms with van der Waals surface area (Å²) in [5, 5.41) is 18.5. The van der Waals surface area contributed by atoms with Gasteiger partial charge in [0, 0.05) is 13.1 Å². The van der Waals surface area contributed by atoms with Gasteiger partial charge in [-0.25, -0.2) is 4.79 Å². The van der Waals surface area contributed by atoms with Crippen LogP contribution in [0.2, 0.25) is 0 Å². The molecule has 3 N–H and O–H groups in total. The van der Waals surface area contributed by atoms with Crippen molar-refractivity contribution in [3.8, 4) is 0 Å². The van der Waals surface area contributed by atoms with Crippen molar-refractivity contribution in [2.45, 2.75) is 38.8 Å². The van der Waals surface area contributed by atoms with Crippen LogP contribution in [0.5, 0.6) is 0 Å². The molecule has 0 radical (unpaired) electrons. The Labute approximate surface area is 156 Å². The summed E-state index contributed by atoms with van der Waals surface area (Å²) in [5.41, 5.74) is -0.740. The molecule has 27 heavy (non-hydrogen) atoms. The van der Waals surface area contributed by atoms with Crippen LogP contribution in [-0.2, 0) is 14.3 Å². The molecule has 0 bridgehead atoms. The fourth-order valence-electron chi connectivity index (χ4n) is 2.19. The summed E-state index contributed by atoms with van der Waals surface area (Å²) in [6, 6.07) is 4.89. The summed E-state index contributed by atoms with van der Waals surface area (Å²) in [5.74, 6) is -1.02. The number of amides is 3. The molecule has 1 aromatic carbocycles. The summed E-state index contributed by atoms with van der Waals surface area (Å²) >= 11 is 0. The number of para-hydroxylation sites is 1. The van der Waals surface area contributed by atoms with Gasteiger partial charge in [0.05, 0.1) is 22.9 Å². The lowest BCUT2D eigenvalue weighted by molar-refractivity contribution is -0.385. The quantitative estimate of drug-likeness (QED) is 0.483. The molecule has 0 saturated heterocycles. The standard InChI is InChI=1S/C17H24N4O6/c1-17(2,3)27-16(24)19-10-15(23)20-12(9-14(22)18-4)11-7-5-6-8-13(11)21(25)26/h5-8,12H,9-10H2,1-4H3,(H,18,22)(H,19,24)(H,20,23). The normalized spacial score (nSPS) is 11.9. The van der Waals surface area contributed by atoms with E-state index in [1.165, 1.54) is 25.2 Å². The SMILES string of the molecule is CNC(=O)CC(NC(=O)CNC(=O)OC(C)(C)C)c1ccccc1[N+](=O)[O-]. The van der Waals surface area contributed by atoms with Gasteiger partial charge >= 0.3 is 6.09 Å². The summed E-state index contributed by atoms with van der Waals surface area (Å²) in [7, 11) is 1.42. The lowest BCUT2D eigenvalue weighted by atomic mass is 10.0. The number of nitro benzene ring substituents is 1. The van der Waals surface area contributed by atoms with Gasteiger partial charge in [0.1, 0.15) is 12.1 Å². The molecule has 0 aliphatic carbocycles. The molecule has 0 heterocycles. The third-order valence-corrected chi connectivity index (χ3v) is 3.30. The second kappa shape index (κ2) is 9.51. The third-order valence-electron chi connectivity index (χ3n) is 3.30. The van der Waals surface area contributed by atoms with E-state index in [9.17, 15) is 24.5 Å². The Kier molecular flexibility index (Phi) is 7.70. The highest BCUT2D eigenvalue weighted by molar-refractivity contribution is 5.84. The van der Waals surface area contributed by atoms with Crippen molar-refractivity contribution in [2.24, 2.45) is 0 Å². The second-order valence-electron chi connectivity index (χ2n) is 6.67. The number of hydrogen-bond donors (Lipinski definition) is 3. The molecule has 148 valence electrons. The smallest absolute Gasteiger partial charge is 0.408 e. The average Bonchev–Trinajstić information content (AvgIpc) is 2.57. The molecule has 1 unspecified atom stereocenters. The first kappa shape index (κ1) is 21.9. The highest BCUT2D eigenvalue weighted by Gasteiger charge is 2.25. The molecule has 0 aliphatic rings. The highest BCUT2D eigenvalue weighted by atomic mass is 16.6. The number of nitrogens with one attached hydrogen (secondary N) is 3. The average molecular weight is 380 g/mol. The minimum atomic E-state index is -0.931. The molecule has 0 spiro atoms. The van der Waals surface area contributed by atoms with Crippen LogP contribution in [0.4, 0.5) is 10.5 Å². The summed E-state index contributed by atoms with van der Waals surface area (Å²) < 4.78 is 5.03. The highest BCUT2D eigenvalue weighted by Crippen LogP contribution is 2.27. The van der Waals surface area contributed by atoms with Gasteiger partial charge in [0.2, 0.25) is 11.8 Å². The van der Waals surface area contributed by atoms with Crippen molar-refractivity contribution in [1.29, 1.82) is 0 Å². The zero-order valence-corrected chi connectivity index (χ0v) is 15.7. The van der Waals surface area contributed by atoms with Crippen molar-refractivity contribution in [3.63, 3.8) is 0 Å². The van der Waals surface area contributed by atoms with Crippen LogP contribution in [-0.4, -0.2) is 42.0 Å². The van der Waals surface area contributed by atoms with Crippen molar-refractivity contribution in [2.75, 3.05) is 13.6 Å². The fourth-order valence-corrected chi connectivity index (χ4v) is 2.19. The molecular formula is C17H24N4O6. The van der Waals surface area contributed by atoms with E-state index in [1.807, 2.05) is 0 Å². The maximum atomic E-state index is 12.2. The van der Waals surface area contributed by atoms with Crippen LogP contribution < -0.4 is 16.0 Å². The second-order valence-corrected chi connectivity index (χ2v) is 6.67. The number of hydrogen-bond acceptors (Lipinski definition) is 6. The monoisotopic (exact) mass is 380 g/mol. The van der Waals surface area contributed by atoms with Crippen LogP contribution >= 0.6 is 0 Å². The molecule has 10 heteroatoms. The van der Waals surface area contributed by atoms with Gasteiger partial charge in [0.15, 0.2) is 0 Å². The Bertz CT molecular complexity index is 714. The van der Waals surface area contributed by atoms with Gasteiger partial charge in [-0.05, 0) is 20.8 Å². The maximum absolute atomic E-state index is 12.2. The van der Waals surface area contributed by atoms with Gasteiger partial charge in [-0.1, -0.05) is 18.2 Å². The Morgan fingerprint density at radius 2 is 1.81 bits per heavy atom. The molecule has 1 aromatic rings. The number of nitro groups is 1. The largest absolute Gasteiger partial charge is 0.444 e. The molecule has 0 aromatic heterocycles. The van der Waals surface area contributed by atoms with Crippen molar-refractivity contribution in [1.82, 2.24) is 16.0 Å². The van der Waals surface area contributed by atoms with Crippen LogP contribution in [0.25, 0.3) is 0 Å². The minimum Gasteiger partial charge on any atom is -0.444 e. The lowest BCUT2D eigenvalue weighted by Gasteiger charge is -2.21. The number of ether oxygens (including phenoxy) is 1. The van der Waals surface area contributed by atoms with Crippen molar-refractivity contribution >= 4 is 23.6 Å². The van der Waals surface area contributed by atoms with E-state index in [-0.39, 0.29) is 17.7 Å². The van der Waals surface area contributed by atoms with Crippen LogP contribution in [0, 0.1) is 10.1 Å². The number of rotatable bonds is 7. The van der Waals surface area contributed by atoms with Crippen molar-refractivity contribution < 1.29 is 24.0 Å². The Balaban J connectivity index is 2.87. The van der Waals surface area contributed by atoms with E-state index in [1.54, 1.807) is 26.8 Å². The minimum absolute atomic E-state index is 0.191. The van der Waals surface area contributed by atoms with Crippen molar-refractivity contribution in [3.05, 3.63) is 39.9 Å². The van der Waals surface area contributed by atoms with E-state index in [4.69, 9.17) is 4.74 Å². The van der Waals surface area contributed by atoms with Gasteiger partial charge in [-0.15, -0.1) is 0 Å². The molecule has 1 atom stereocenters. The molecule has 0 aliphatic heterocycles. The topological polar surface area (TPSA) is 140 Å². The number of benzene rings is 1. The van der Waals surface area contributed by atoms with Crippen LogP contribution in [0.3, 0.4) is 0 Å². The molecule has 10 nitrogen and oxygen atoms in total. The first-order valence-electron chi connectivity index (χ1n) is 8.23. The van der Waals surface area contributed by atoms with E-state index in [0.29, 0.717) is 0 Å². The number of carbonyl (C=O) groups excluding carboxylic acids is 3. The van der Waals surface area contributed by atoms with E-state index >= 15 is 0 Å². The van der Waals surface area contributed by atoms with E-state index < -0.39 is 41.0 Å². The van der Waals surface area contributed by atoms with E-state index in [2.05, 4.69) is 16.0 Å². The molecule has 1 rings (SSSR count). The van der Waals surface area contributed by atoms with Gasteiger partial charge in [-0.3, -0.25) is 19.7 Å². The van der Waals surface area contributed by atoms with Gasteiger partial charge in [-0.2, -0.15) is 0 Å². The number of carbonyl (C=O) groups is 3. The predicted molar refractivity (Wildman–Crippen MR) is 96.9 cm³/mol. The Morgan fingerprint density at radius 3 is 2.37 bits per heavy atom. The number of alkyl carbamates (subject to hydrolysis) is 1. The summed E-state index contributed by atoms with van der Waals surface area (Å²) in [6.07, 6.45) is -0.967. The predicted octanol–water partition coefficient (Wildman–Crippen LogP) is 1.41. The third kappa shape index (κ3) is 7.72. The molecule has 0 fully saturated rings. The maximum Gasteiger partial charge on any atom is 0.408 e. The zero-order valence-electron chi connectivity index (χ0n) is 15.7. The first-order valence-corrected chi connectivity index (χ1v) is 8.23. The number of nitrogens with zero attached hydrogens (tertiary/aromatic N) is 1. The summed E-state index contributed by atoms with van der Waals surface area (Å²) in [4.78, 5) is 46.2. The Hall–Kier alpha value is -3.17. The van der Waals surface area contributed by atoms with Gasteiger partial charge < -0.3 is 20.7 Å². The molecule has 0 saturated carbocycles. The molecular weight excluding hydrogens is 356 g/mol.